The fraction of sp³-hybridized carbons (Fsp3) is 0.0909. The van der Waals surface area contributed by atoms with E-state index in [1.165, 1.54) is 6.21 Å². The summed E-state index contributed by atoms with van der Waals surface area (Å²) in [5, 5.41) is 4.49. The second-order valence-corrected chi connectivity index (χ2v) is 6.32. The monoisotopic (exact) mass is 394 g/mol. The smallest absolute Gasteiger partial charge is 0.277 e. The second kappa shape index (κ2) is 10.1. The van der Waals surface area contributed by atoms with E-state index in [9.17, 15) is 4.79 Å². The van der Waals surface area contributed by atoms with Crippen molar-refractivity contribution in [2.45, 2.75) is 6.61 Å². The second-order valence-electron chi connectivity index (χ2n) is 5.88. The third kappa shape index (κ3) is 6.45. The Labute approximate surface area is 168 Å². The molecule has 3 aromatic rings. The van der Waals surface area contributed by atoms with Crippen molar-refractivity contribution in [3.8, 4) is 11.5 Å². The summed E-state index contributed by atoms with van der Waals surface area (Å²) in [7, 11) is 0. The Kier molecular flexibility index (Phi) is 7.04. The maximum absolute atomic E-state index is 11.8. The van der Waals surface area contributed by atoms with Gasteiger partial charge in [-0.3, -0.25) is 4.79 Å². The first-order chi connectivity index (χ1) is 13.7. The predicted molar refractivity (Wildman–Crippen MR) is 110 cm³/mol. The molecule has 0 radical (unpaired) electrons. The van der Waals surface area contributed by atoms with Crippen molar-refractivity contribution in [3.63, 3.8) is 0 Å². The maximum atomic E-state index is 11.8. The van der Waals surface area contributed by atoms with Crippen LogP contribution < -0.4 is 14.9 Å². The quantitative estimate of drug-likeness (QED) is 0.453. The van der Waals surface area contributed by atoms with Gasteiger partial charge in [0.2, 0.25) is 0 Å². The molecule has 0 atom stereocenters. The molecule has 3 aromatic carbocycles. The SMILES string of the molecule is O=C(COc1ccc(OCc2ccccc2)cc1)N/N=C\c1cccc(Cl)c1. The van der Waals surface area contributed by atoms with E-state index in [2.05, 4.69) is 10.5 Å². The molecule has 5 nitrogen and oxygen atoms in total. The molecule has 0 unspecified atom stereocenters. The van der Waals surface area contributed by atoms with Crippen molar-refractivity contribution in [2.24, 2.45) is 5.10 Å². The van der Waals surface area contributed by atoms with E-state index in [4.69, 9.17) is 21.1 Å². The minimum atomic E-state index is -0.359. The van der Waals surface area contributed by atoms with E-state index >= 15 is 0 Å². The summed E-state index contributed by atoms with van der Waals surface area (Å²) in [6, 6.07) is 24.2. The van der Waals surface area contributed by atoms with Crippen molar-refractivity contribution >= 4 is 23.7 Å². The Morgan fingerprint density at radius 1 is 0.929 bits per heavy atom. The molecule has 0 bridgehead atoms. The lowest BCUT2D eigenvalue weighted by Crippen LogP contribution is -2.24. The molecule has 1 amide bonds. The van der Waals surface area contributed by atoms with Crippen LogP contribution in [0.15, 0.2) is 84.0 Å². The number of rotatable bonds is 8. The largest absolute Gasteiger partial charge is 0.489 e. The van der Waals surface area contributed by atoms with Crippen molar-refractivity contribution in [3.05, 3.63) is 95.0 Å². The van der Waals surface area contributed by atoms with Crippen LogP contribution in [0.1, 0.15) is 11.1 Å². The number of amides is 1. The van der Waals surface area contributed by atoms with Crippen molar-refractivity contribution < 1.29 is 14.3 Å². The van der Waals surface area contributed by atoms with Gasteiger partial charge in [-0.25, -0.2) is 5.43 Å². The average molecular weight is 395 g/mol. The summed E-state index contributed by atoms with van der Waals surface area (Å²) in [6.45, 7) is 0.352. The zero-order chi connectivity index (χ0) is 19.6. The number of benzene rings is 3. The molecule has 0 spiro atoms. The number of carbonyl (C=O) groups excluding carboxylic acids is 1. The molecule has 1 N–H and O–H groups in total. The van der Waals surface area contributed by atoms with E-state index in [0.29, 0.717) is 17.4 Å². The topological polar surface area (TPSA) is 59.9 Å². The molecule has 0 saturated carbocycles. The van der Waals surface area contributed by atoms with Crippen molar-refractivity contribution in [2.75, 3.05) is 6.61 Å². The molecule has 0 aliphatic rings. The molecular formula is C22H19ClN2O3. The lowest BCUT2D eigenvalue weighted by atomic mass is 10.2. The lowest BCUT2D eigenvalue weighted by molar-refractivity contribution is -0.123. The van der Waals surface area contributed by atoms with E-state index in [-0.39, 0.29) is 12.5 Å². The summed E-state index contributed by atoms with van der Waals surface area (Å²) in [6.07, 6.45) is 1.52. The normalized spacial score (nSPS) is 10.6. The summed E-state index contributed by atoms with van der Waals surface area (Å²) >= 11 is 5.89. The number of hydrogen-bond acceptors (Lipinski definition) is 4. The van der Waals surface area contributed by atoms with Crippen LogP contribution >= 0.6 is 11.6 Å². The van der Waals surface area contributed by atoms with Crippen molar-refractivity contribution in [1.29, 1.82) is 0 Å². The zero-order valence-electron chi connectivity index (χ0n) is 15.0. The summed E-state index contributed by atoms with van der Waals surface area (Å²) in [4.78, 5) is 11.8. The Morgan fingerprint density at radius 2 is 1.64 bits per heavy atom. The van der Waals surface area contributed by atoms with Gasteiger partial charge in [0.05, 0.1) is 6.21 Å². The van der Waals surface area contributed by atoms with Crippen LogP contribution in [0.25, 0.3) is 0 Å². The fourth-order valence-electron chi connectivity index (χ4n) is 2.32. The van der Waals surface area contributed by atoms with Gasteiger partial charge in [-0.2, -0.15) is 5.10 Å². The van der Waals surface area contributed by atoms with Gasteiger partial charge in [0.25, 0.3) is 5.91 Å². The molecule has 28 heavy (non-hydrogen) atoms. The number of nitrogens with zero attached hydrogens (tertiary/aromatic N) is 1. The molecule has 6 heteroatoms. The Hall–Kier alpha value is -3.31. The third-order valence-corrected chi connectivity index (χ3v) is 3.93. The number of nitrogens with one attached hydrogen (secondary N) is 1. The lowest BCUT2D eigenvalue weighted by Gasteiger charge is -2.08. The highest BCUT2D eigenvalue weighted by molar-refractivity contribution is 6.30. The van der Waals surface area contributed by atoms with Gasteiger partial charge in [-0.15, -0.1) is 0 Å². The van der Waals surface area contributed by atoms with Crippen LogP contribution in [0.2, 0.25) is 5.02 Å². The van der Waals surface area contributed by atoms with Crippen LogP contribution in [-0.4, -0.2) is 18.7 Å². The highest BCUT2D eigenvalue weighted by atomic mass is 35.5. The average Bonchev–Trinajstić information content (AvgIpc) is 2.72. The Balaban J connectivity index is 1.41. The zero-order valence-corrected chi connectivity index (χ0v) is 15.8. The summed E-state index contributed by atoms with van der Waals surface area (Å²) in [5.41, 5.74) is 4.30. The number of hydrazone groups is 1. The number of ether oxygens (including phenoxy) is 2. The first-order valence-electron chi connectivity index (χ1n) is 8.66. The first kappa shape index (κ1) is 19.5. The molecular weight excluding hydrogens is 376 g/mol. The molecule has 0 aliphatic carbocycles. The van der Waals surface area contributed by atoms with Gasteiger partial charge in [0.1, 0.15) is 18.1 Å². The molecule has 142 valence electrons. The highest BCUT2D eigenvalue weighted by Gasteiger charge is 2.02. The minimum absolute atomic E-state index is 0.142. The first-order valence-corrected chi connectivity index (χ1v) is 9.04. The van der Waals surface area contributed by atoms with E-state index in [1.54, 1.807) is 36.4 Å². The highest BCUT2D eigenvalue weighted by Crippen LogP contribution is 2.18. The van der Waals surface area contributed by atoms with Gasteiger partial charge in [0, 0.05) is 5.02 Å². The van der Waals surface area contributed by atoms with E-state index in [0.717, 1.165) is 16.9 Å². The number of halogens is 1. The molecule has 0 heterocycles. The predicted octanol–water partition coefficient (Wildman–Crippen LogP) is 4.45. The molecule has 3 rings (SSSR count). The minimum Gasteiger partial charge on any atom is -0.489 e. The van der Waals surface area contributed by atoms with E-state index < -0.39 is 0 Å². The Bertz CT molecular complexity index is 928. The number of carbonyl (C=O) groups is 1. The van der Waals surface area contributed by atoms with Gasteiger partial charge in [-0.05, 0) is 47.5 Å². The van der Waals surface area contributed by atoms with Crippen molar-refractivity contribution in [1.82, 2.24) is 5.43 Å². The third-order valence-electron chi connectivity index (χ3n) is 3.69. The summed E-state index contributed by atoms with van der Waals surface area (Å²) < 4.78 is 11.2. The molecule has 0 fully saturated rings. The van der Waals surface area contributed by atoms with Gasteiger partial charge in [0.15, 0.2) is 6.61 Å². The standard InChI is InChI=1S/C22H19ClN2O3/c23-19-8-4-7-18(13-19)14-24-25-22(26)16-28-21-11-9-20(10-12-21)27-15-17-5-2-1-3-6-17/h1-14H,15-16H2,(H,25,26)/b24-14-. The molecule has 0 saturated heterocycles. The van der Waals surface area contributed by atoms with Gasteiger partial charge < -0.3 is 9.47 Å². The van der Waals surface area contributed by atoms with E-state index in [1.807, 2.05) is 42.5 Å². The maximum Gasteiger partial charge on any atom is 0.277 e. The molecule has 0 aromatic heterocycles. The number of hydrogen-bond donors (Lipinski definition) is 1. The fourth-order valence-corrected chi connectivity index (χ4v) is 2.52. The molecule has 0 aliphatic heterocycles. The van der Waals surface area contributed by atoms with Crippen LogP contribution in [-0.2, 0) is 11.4 Å². The summed E-state index contributed by atoms with van der Waals surface area (Å²) in [5.74, 6) is 0.940. The van der Waals surface area contributed by atoms with Gasteiger partial charge >= 0.3 is 0 Å². The van der Waals surface area contributed by atoms with Crippen LogP contribution in [0.4, 0.5) is 0 Å². The van der Waals surface area contributed by atoms with Crippen LogP contribution in [0.3, 0.4) is 0 Å². The van der Waals surface area contributed by atoms with Crippen LogP contribution in [0, 0.1) is 0 Å². The Morgan fingerprint density at radius 3 is 2.36 bits per heavy atom. The van der Waals surface area contributed by atoms with Crippen LogP contribution in [0.5, 0.6) is 11.5 Å². The van der Waals surface area contributed by atoms with Gasteiger partial charge in [-0.1, -0.05) is 54.1 Å².